The first-order valence-electron chi connectivity index (χ1n) is 11.0. The second-order valence-corrected chi connectivity index (χ2v) is 15.6. The molecule has 0 aromatic heterocycles. The Morgan fingerprint density at radius 1 is 0.935 bits per heavy atom. The van der Waals surface area contributed by atoms with E-state index in [-0.39, 0.29) is 5.04 Å². The molecule has 2 aromatic carbocycles. The first-order chi connectivity index (χ1) is 14.2. The fraction of sp³-hybridized carbons (Fsp3) is 0.500. The molecule has 1 amide bonds. The predicted molar refractivity (Wildman–Crippen MR) is 132 cm³/mol. The summed E-state index contributed by atoms with van der Waals surface area (Å²) in [4.78, 5) is 12.0. The monoisotopic (exact) mass is 441 g/mol. The maximum atomic E-state index is 12.0. The van der Waals surface area contributed by atoms with E-state index in [0.717, 1.165) is 22.3 Å². The molecule has 5 heteroatoms. The van der Waals surface area contributed by atoms with E-state index in [1.807, 2.05) is 20.8 Å². The van der Waals surface area contributed by atoms with Gasteiger partial charge in [0, 0.05) is 6.54 Å². The molecule has 31 heavy (non-hydrogen) atoms. The second kappa shape index (κ2) is 9.57. The van der Waals surface area contributed by atoms with Crippen molar-refractivity contribution in [1.29, 1.82) is 0 Å². The molecule has 0 spiro atoms. The number of hydrogen-bond donors (Lipinski definition) is 1. The number of benzene rings is 2. The molecule has 0 saturated heterocycles. The Kier molecular flexibility index (Phi) is 7.77. The average molecular weight is 442 g/mol. The third-order valence-corrected chi connectivity index (χ3v) is 10.1. The summed E-state index contributed by atoms with van der Waals surface area (Å²) in [5.41, 5.74) is 5.16. The van der Waals surface area contributed by atoms with Gasteiger partial charge in [0.05, 0.1) is 6.61 Å². The van der Waals surface area contributed by atoms with Crippen molar-refractivity contribution >= 4 is 14.4 Å². The number of aryl methyl sites for hydroxylation is 1. The molecule has 2 rings (SSSR count). The fourth-order valence-corrected chi connectivity index (χ4v) is 3.90. The summed E-state index contributed by atoms with van der Waals surface area (Å²) in [5, 5.41) is 3.04. The molecule has 0 fully saturated rings. The summed E-state index contributed by atoms with van der Waals surface area (Å²) in [7, 11) is -1.79. The van der Waals surface area contributed by atoms with Gasteiger partial charge in [-0.3, -0.25) is 0 Å². The average Bonchev–Trinajstić information content (AvgIpc) is 2.62. The van der Waals surface area contributed by atoms with Crippen molar-refractivity contribution in [3.05, 3.63) is 59.2 Å². The van der Waals surface area contributed by atoms with Gasteiger partial charge in [-0.2, -0.15) is 0 Å². The van der Waals surface area contributed by atoms with Crippen LogP contribution in [0.15, 0.2) is 42.5 Å². The number of hydrogen-bond acceptors (Lipinski definition) is 3. The van der Waals surface area contributed by atoms with Gasteiger partial charge in [0.25, 0.3) is 0 Å². The number of carbonyl (C=O) groups excluding carboxylic acids is 1. The third-order valence-electron chi connectivity index (χ3n) is 5.64. The topological polar surface area (TPSA) is 47.6 Å². The molecule has 4 nitrogen and oxygen atoms in total. The van der Waals surface area contributed by atoms with Crippen molar-refractivity contribution in [2.24, 2.45) is 0 Å². The minimum absolute atomic E-state index is 0.192. The number of alkyl carbamates (subject to hydrolysis) is 1. The first-order valence-corrected chi connectivity index (χ1v) is 13.9. The van der Waals surface area contributed by atoms with Crippen LogP contribution in [-0.2, 0) is 22.3 Å². The highest BCUT2D eigenvalue weighted by atomic mass is 28.4. The molecule has 0 atom stereocenters. The van der Waals surface area contributed by atoms with Crippen LogP contribution in [0, 0.1) is 6.92 Å². The number of rotatable bonds is 6. The zero-order chi connectivity index (χ0) is 23.4. The van der Waals surface area contributed by atoms with E-state index in [0.29, 0.717) is 13.2 Å². The molecule has 170 valence electrons. The maximum Gasteiger partial charge on any atom is 0.407 e. The number of nitrogens with one attached hydrogen (secondary N) is 1. The molecule has 0 aliphatic carbocycles. The van der Waals surface area contributed by atoms with Gasteiger partial charge < -0.3 is 14.5 Å². The van der Waals surface area contributed by atoms with Crippen LogP contribution in [0.3, 0.4) is 0 Å². The summed E-state index contributed by atoms with van der Waals surface area (Å²) in [5.74, 6) is 0. The lowest BCUT2D eigenvalue weighted by Crippen LogP contribution is -2.40. The van der Waals surface area contributed by atoms with Gasteiger partial charge in [-0.1, -0.05) is 56.7 Å². The van der Waals surface area contributed by atoms with Crippen molar-refractivity contribution in [1.82, 2.24) is 5.32 Å². The van der Waals surface area contributed by atoms with Crippen molar-refractivity contribution in [2.75, 3.05) is 0 Å². The predicted octanol–water partition coefficient (Wildman–Crippen LogP) is 7.21. The van der Waals surface area contributed by atoms with E-state index in [1.165, 1.54) is 5.56 Å². The van der Waals surface area contributed by atoms with Crippen molar-refractivity contribution in [3.8, 4) is 11.1 Å². The molecule has 0 unspecified atom stereocenters. The first kappa shape index (κ1) is 25.2. The minimum atomic E-state index is -1.79. The van der Waals surface area contributed by atoms with Gasteiger partial charge in [-0.05, 0) is 80.2 Å². The van der Waals surface area contributed by atoms with Gasteiger partial charge >= 0.3 is 6.09 Å². The Bertz CT molecular complexity index is 908. The van der Waals surface area contributed by atoms with Crippen LogP contribution in [0.1, 0.15) is 58.2 Å². The highest BCUT2D eigenvalue weighted by Crippen LogP contribution is 2.37. The van der Waals surface area contributed by atoms with Crippen LogP contribution >= 0.6 is 0 Å². The van der Waals surface area contributed by atoms with E-state index < -0.39 is 20.0 Å². The number of amides is 1. The molecule has 0 heterocycles. The van der Waals surface area contributed by atoms with Crippen molar-refractivity contribution in [2.45, 2.75) is 85.4 Å². The summed E-state index contributed by atoms with van der Waals surface area (Å²) in [6, 6.07) is 14.9. The van der Waals surface area contributed by atoms with Gasteiger partial charge in [0.2, 0.25) is 0 Å². The second-order valence-electron chi connectivity index (χ2n) is 10.8. The lowest BCUT2D eigenvalue weighted by atomic mass is 9.99. The van der Waals surface area contributed by atoms with E-state index >= 15 is 0 Å². The standard InChI is InChI=1S/C26H39NO3Si/c1-19-13-21(17-27-24(28)30-25(2,3)4)16-23(14-19)22-12-10-11-20(15-22)18-29-31(8,9)26(5,6)7/h10-16H,17-18H2,1-9H3,(H,27,28). The zero-order valence-corrected chi connectivity index (χ0v) is 21.7. The lowest BCUT2D eigenvalue weighted by Gasteiger charge is -2.36. The van der Waals surface area contributed by atoms with Crippen LogP contribution in [0.25, 0.3) is 11.1 Å². The summed E-state index contributed by atoms with van der Waals surface area (Å²) >= 11 is 0. The quantitative estimate of drug-likeness (QED) is 0.482. The molecule has 0 bridgehead atoms. The lowest BCUT2D eigenvalue weighted by molar-refractivity contribution is 0.0523. The highest BCUT2D eigenvalue weighted by Gasteiger charge is 2.37. The molecule has 0 saturated carbocycles. The van der Waals surface area contributed by atoms with E-state index in [9.17, 15) is 4.79 Å². The molecular weight excluding hydrogens is 402 g/mol. The van der Waals surface area contributed by atoms with E-state index in [1.54, 1.807) is 0 Å². The Hall–Kier alpha value is -2.11. The van der Waals surface area contributed by atoms with Crippen LogP contribution < -0.4 is 5.32 Å². The van der Waals surface area contributed by atoms with E-state index in [2.05, 4.69) is 88.6 Å². The SMILES string of the molecule is Cc1cc(CNC(=O)OC(C)(C)C)cc(-c2cccc(CO[Si](C)(C)C(C)(C)C)c2)c1. The van der Waals surface area contributed by atoms with Gasteiger partial charge in [-0.15, -0.1) is 0 Å². The molecule has 1 N–H and O–H groups in total. The Morgan fingerprint density at radius 3 is 2.19 bits per heavy atom. The normalized spacial score (nSPS) is 12.5. The molecule has 2 aromatic rings. The van der Waals surface area contributed by atoms with Crippen LogP contribution in [0.5, 0.6) is 0 Å². The molecular formula is C26H39NO3Si. The van der Waals surface area contributed by atoms with Gasteiger partial charge in [-0.25, -0.2) is 4.79 Å². The van der Waals surface area contributed by atoms with Crippen LogP contribution in [0.2, 0.25) is 18.1 Å². The Labute approximate surface area is 189 Å². The fourth-order valence-electron chi connectivity index (χ4n) is 2.94. The van der Waals surface area contributed by atoms with Crippen LogP contribution in [-0.4, -0.2) is 20.0 Å². The summed E-state index contributed by atoms with van der Waals surface area (Å²) in [6.45, 7) is 20.0. The molecule has 0 radical (unpaired) electrons. The van der Waals surface area contributed by atoms with Crippen LogP contribution in [0.4, 0.5) is 4.79 Å². The Morgan fingerprint density at radius 2 is 1.58 bits per heavy atom. The molecule has 0 aliphatic heterocycles. The van der Waals surface area contributed by atoms with Gasteiger partial charge in [0.15, 0.2) is 8.32 Å². The maximum absolute atomic E-state index is 12.0. The summed E-state index contributed by atoms with van der Waals surface area (Å²) in [6.07, 6.45) is -0.402. The minimum Gasteiger partial charge on any atom is -0.444 e. The summed E-state index contributed by atoms with van der Waals surface area (Å²) < 4.78 is 11.7. The third kappa shape index (κ3) is 7.82. The van der Waals surface area contributed by atoms with E-state index in [4.69, 9.17) is 9.16 Å². The largest absolute Gasteiger partial charge is 0.444 e. The zero-order valence-electron chi connectivity index (χ0n) is 20.7. The highest BCUT2D eigenvalue weighted by molar-refractivity contribution is 6.74. The molecule has 0 aliphatic rings. The smallest absolute Gasteiger partial charge is 0.407 e. The van der Waals surface area contributed by atoms with Gasteiger partial charge in [0.1, 0.15) is 5.60 Å². The number of carbonyl (C=O) groups is 1. The van der Waals surface area contributed by atoms with Crippen molar-refractivity contribution in [3.63, 3.8) is 0 Å². The Balaban J connectivity index is 2.14. The van der Waals surface area contributed by atoms with Crippen molar-refractivity contribution < 1.29 is 14.0 Å². The number of ether oxygens (including phenoxy) is 1.